The van der Waals surface area contributed by atoms with Crippen LogP contribution in [0.3, 0.4) is 0 Å². The number of aromatic nitrogens is 1. The van der Waals surface area contributed by atoms with E-state index in [0.717, 1.165) is 33.3 Å². The molecular weight excluding hydrogens is 560 g/mol. The van der Waals surface area contributed by atoms with Crippen LogP contribution in [0.2, 0.25) is 0 Å². The number of carbonyl (C=O) groups is 1. The lowest BCUT2D eigenvalue weighted by Crippen LogP contribution is -2.19. The van der Waals surface area contributed by atoms with Crippen molar-refractivity contribution in [2.45, 2.75) is 25.8 Å². The molecule has 4 aromatic carbocycles. The molecule has 5 rings (SSSR count). The largest absolute Gasteiger partial charge is 0.492 e. The first-order valence-corrected chi connectivity index (χ1v) is 15.0. The van der Waals surface area contributed by atoms with Crippen molar-refractivity contribution in [3.8, 4) is 5.75 Å². The smallest absolute Gasteiger partial charge is 0.309 e. The normalized spacial score (nSPS) is 12.2. The summed E-state index contributed by atoms with van der Waals surface area (Å²) in [4.78, 5) is 30.4. The maximum atomic E-state index is 12.9. The number of rotatable bonds is 13. The minimum atomic E-state index is -0.221. The number of esters is 1. The van der Waals surface area contributed by atoms with Gasteiger partial charge in [-0.05, 0) is 54.7 Å². The molecule has 0 aliphatic rings. The zero-order valence-corrected chi connectivity index (χ0v) is 25.1. The number of methoxy groups -OCH3 is 1. The number of aryl methyl sites for hydroxylation is 1. The SMILES string of the molecule is CON=C(c1ccccc1)c1ccc2c(c1)sc(=O)n2CCOc1ccc(CC(CCc2ccccc2)C(=O)OC)cc1. The molecule has 1 unspecified atom stereocenters. The van der Waals surface area contributed by atoms with Crippen LogP contribution < -0.4 is 9.61 Å². The van der Waals surface area contributed by atoms with Gasteiger partial charge in [0.15, 0.2) is 0 Å². The van der Waals surface area contributed by atoms with Gasteiger partial charge in [-0.3, -0.25) is 14.2 Å². The quantitative estimate of drug-likeness (QED) is 0.0883. The highest BCUT2D eigenvalue weighted by Crippen LogP contribution is 2.23. The maximum Gasteiger partial charge on any atom is 0.309 e. The lowest BCUT2D eigenvalue weighted by molar-refractivity contribution is -0.145. The number of benzene rings is 4. The number of nitrogens with zero attached hydrogens (tertiary/aromatic N) is 2. The minimum absolute atomic E-state index is 0.0413. The summed E-state index contributed by atoms with van der Waals surface area (Å²) in [6.45, 7) is 0.761. The number of carbonyl (C=O) groups excluding carboxylic acids is 1. The third kappa shape index (κ3) is 7.59. The van der Waals surface area contributed by atoms with E-state index in [1.54, 1.807) is 4.57 Å². The Kier molecular flexibility index (Phi) is 10.0. The van der Waals surface area contributed by atoms with Crippen LogP contribution in [0.5, 0.6) is 5.75 Å². The van der Waals surface area contributed by atoms with Crippen LogP contribution in [-0.4, -0.2) is 37.1 Å². The molecule has 0 saturated carbocycles. The Morgan fingerprint density at radius 2 is 1.58 bits per heavy atom. The third-order valence-corrected chi connectivity index (χ3v) is 8.26. The molecule has 0 amide bonds. The van der Waals surface area contributed by atoms with Crippen molar-refractivity contribution in [1.29, 1.82) is 0 Å². The number of hydrogen-bond donors (Lipinski definition) is 0. The Morgan fingerprint density at radius 3 is 2.28 bits per heavy atom. The zero-order valence-electron chi connectivity index (χ0n) is 24.3. The standard InChI is InChI=1S/C35H34N2O5S/c1-40-34(38)29(16-13-25-9-5-3-6-10-25)23-26-14-18-30(19-15-26)42-22-21-37-31-20-17-28(24-32(31)43-35(37)39)33(36-41-2)27-11-7-4-8-12-27/h3-12,14-15,17-20,24,29H,13,16,21-23H2,1-2H3. The van der Waals surface area contributed by atoms with E-state index >= 15 is 0 Å². The summed E-state index contributed by atoms with van der Waals surface area (Å²) in [6, 6.07) is 33.6. The Morgan fingerprint density at radius 1 is 0.860 bits per heavy atom. The fourth-order valence-corrected chi connectivity index (χ4v) is 6.06. The fraction of sp³-hybridized carbons (Fsp3) is 0.229. The van der Waals surface area contributed by atoms with Crippen molar-refractivity contribution in [1.82, 2.24) is 4.57 Å². The molecule has 1 atom stereocenters. The fourth-order valence-electron chi connectivity index (χ4n) is 5.10. The lowest BCUT2D eigenvalue weighted by atomic mass is 9.93. The Labute approximate surface area is 255 Å². The van der Waals surface area contributed by atoms with Crippen LogP contribution in [0, 0.1) is 5.92 Å². The summed E-state index contributed by atoms with van der Waals surface area (Å²) in [6.07, 6.45) is 2.13. The van der Waals surface area contributed by atoms with Crippen molar-refractivity contribution in [2.24, 2.45) is 11.1 Å². The number of hydrogen-bond acceptors (Lipinski definition) is 7. The predicted octanol–water partition coefficient (Wildman–Crippen LogP) is 6.51. The number of fused-ring (bicyclic) bond motifs is 1. The van der Waals surface area contributed by atoms with Crippen LogP contribution in [0.4, 0.5) is 0 Å². The molecular formula is C35H34N2O5S. The molecule has 0 aliphatic carbocycles. The monoisotopic (exact) mass is 594 g/mol. The summed E-state index contributed by atoms with van der Waals surface area (Å²) in [5.41, 5.74) is 5.61. The average Bonchev–Trinajstić information content (AvgIpc) is 3.36. The van der Waals surface area contributed by atoms with Gasteiger partial charge in [0.05, 0.1) is 29.8 Å². The first-order valence-electron chi connectivity index (χ1n) is 14.2. The molecule has 0 aliphatic heterocycles. The summed E-state index contributed by atoms with van der Waals surface area (Å²) >= 11 is 1.20. The van der Waals surface area contributed by atoms with Gasteiger partial charge >= 0.3 is 10.8 Å². The summed E-state index contributed by atoms with van der Waals surface area (Å²) in [5, 5.41) is 4.23. The van der Waals surface area contributed by atoms with Crippen LogP contribution in [0.25, 0.3) is 10.2 Å². The highest BCUT2D eigenvalue weighted by molar-refractivity contribution is 7.16. The Bertz CT molecular complexity index is 1730. The molecule has 8 heteroatoms. The Balaban J connectivity index is 1.20. The molecule has 0 fully saturated rings. The molecule has 220 valence electrons. The summed E-state index contributed by atoms with van der Waals surface area (Å²) in [7, 11) is 2.96. The highest BCUT2D eigenvalue weighted by Gasteiger charge is 2.20. The number of thiazole rings is 1. The first-order chi connectivity index (χ1) is 21.1. The third-order valence-electron chi connectivity index (χ3n) is 7.32. The van der Waals surface area contributed by atoms with Crippen molar-refractivity contribution >= 4 is 33.2 Å². The Hall–Kier alpha value is -4.69. The van der Waals surface area contributed by atoms with E-state index in [1.165, 1.54) is 31.1 Å². The van der Waals surface area contributed by atoms with Crippen molar-refractivity contribution in [2.75, 3.05) is 20.8 Å². The van der Waals surface area contributed by atoms with Crippen molar-refractivity contribution in [3.63, 3.8) is 0 Å². The average molecular weight is 595 g/mol. The van der Waals surface area contributed by atoms with E-state index in [4.69, 9.17) is 14.3 Å². The van der Waals surface area contributed by atoms with Crippen molar-refractivity contribution < 1.29 is 19.1 Å². The first kappa shape index (κ1) is 29.8. The second-order valence-corrected chi connectivity index (χ2v) is 11.1. The van der Waals surface area contributed by atoms with E-state index in [-0.39, 0.29) is 16.8 Å². The molecule has 0 radical (unpaired) electrons. The van der Waals surface area contributed by atoms with E-state index in [9.17, 15) is 9.59 Å². The van der Waals surface area contributed by atoms with Crippen LogP contribution in [0.15, 0.2) is 113 Å². The van der Waals surface area contributed by atoms with Gasteiger partial charge in [-0.25, -0.2) is 0 Å². The van der Waals surface area contributed by atoms with E-state index < -0.39 is 0 Å². The molecule has 1 aromatic heterocycles. The van der Waals surface area contributed by atoms with Gasteiger partial charge < -0.3 is 14.3 Å². The van der Waals surface area contributed by atoms with Gasteiger partial charge in [-0.1, -0.05) is 95.4 Å². The van der Waals surface area contributed by atoms with Gasteiger partial charge in [-0.15, -0.1) is 0 Å². The van der Waals surface area contributed by atoms with Gasteiger partial charge in [0.25, 0.3) is 0 Å². The van der Waals surface area contributed by atoms with Crippen LogP contribution in [0.1, 0.15) is 28.7 Å². The second kappa shape index (κ2) is 14.5. The molecule has 5 aromatic rings. The topological polar surface area (TPSA) is 79.1 Å². The van der Waals surface area contributed by atoms with Gasteiger partial charge in [0.2, 0.25) is 0 Å². The molecule has 1 heterocycles. The number of oxime groups is 1. The molecule has 0 N–H and O–H groups in total. The number of ether oxygens (including phenoxy) is 2. The summed E-state index contributed by atoms with van der Waals surface area (Å²) in [5.74, 6) is 0.292. The molecule has 0 spiro atoms. The van der Waals surface area contributed by atoms with Crippen LogP contribution in [-0.2, 0) is 33.8 Å². The molecule has 0 saturated heterocycles. The van der Waals surface area contributed by atoms with E-state index in [0.29, 0.717) is 37.5 Å². The van der Waals surface area contributed by atoms with E-state index in [2.05, 4.69) is 17.3 Å². The lowest BCUT2D eigenvalue weighted by Gasteiger charge is -2.15. The highest BCUT2D eigenvalue weighted by atomic mass is 32.1. The van der Waals surface area contributed by atoms with Gasteiger partial charge in [0.1, 0.15) is 25.2 Å². The van der Waals surface area contributed by atoms with Crippen LogP contribution >= 0.6 is 11.3 Å². The predicted molar refractivity (Wildman–Crippen MR) is 171 cm³/mol. The van der Waals surface area contributed by atoms with Crippen molar-refractivity contribution in [3.05, 3.63) is 135 Å². The second-order valence-electron chi connectivity index (χ2n) is 10.1. The van der Waals surface area contributed by atoms with E-state index in [1.807, 2.05) is 91.0 Å². The maximum absolute atomic E-state index is 12.9. The molecule has 7 nitrogen and oxygen atoms in total. The minimum Gasteiger partial charge on any atom is -0.492 e. The summed E-state index contributed by atoms with van der Waals surface area (Å²) < 4.78 is 13.7. The molecule has 0 bridgehead atoms. The molecule has 43 heavy (non-hydrogen) atoms. The zero-order chi connectivity index (χ0) is 30.0. The van der Waals surface area contributed by atoms with Gasteiger partial charge in [-0.2, -0.15) is 0 Å². The van der Waals surface area contributed by atoms with Gasteiger partial charge in [0, 0.05) is 11.1 Å².